The minimum Gasteiger partial charge on any atom is -0.396 e. The number of carbonyl (C=O) groups is 1. The summed E-state index contributed by atoms with van der Waals surface area (Å²) in [5, 5.41) is 27.5. The largest absolute Gasteiger partial charge is 0.396 e. The third-order valence-corrected chi connectivity index (χ3v) is 2.27. The molecule has 0 amide bonds. The lowest BCUT2D eigenvalue weighted by Gasteiger charge is -2.17. The molecule has 2 atom stereocenters. The van der Waals surface area contributed by atoms with E-state index in [0.717, 1.165) is 6.07 Å². The van der Waals surface area contributed by atoms with E-state index in [1.807, 2.05) is 0 Å². The first-order valence-corrected chi connectivity index (χ1v) is 4.81. The molecule has 88 valence electrons. The molecule has 0 aliphatic carbocycles. The number of aliphatic hydroxyl groups excluding tert-OH is 3. The molecule has 0 saturated carbocycles. The van der Waals surface area contributed by atoms with Crippen molar-refractivity contribution >= 4 is 6.29 Å². The maximum atomic E-state index is 13.4. The molecule has 0 bridgehead atoms. The fourth-order valence-electron chi connectivity index (χ4n) is 1.35. The first kappa shape index (κ1) is 12.8. The molecule has 4 nitrogen and oxygen atoms in total. The van der Waals surface area contributed by atoms with Gasteiger partial charge in [-0.1, -0.05) is 12.1 Å². The summed E-state index contributed by atoms with van der Waals surface area (Å²) in [4.78, 5) is 10.4. The van der Waals surface area contributed by atoms with Crippen molar-refractivity contribution in [2.24, 2.45) is 0 Å². The van der Waals surface area contributed by atoms with Crippen molar-refractivity contribution in [3.05, 3.63) is 35.1 Å². The number of hydrogen-bond donors (Lipinski definition) is 3. The van der Waals surface area contributed by atoms with Gasteiger partial charge in [0.2, 0.25) is 0 Å². The second kappa shape index (κ2) is 5.69. The van der Waals surface area contributed by atoms with Crippen LogP contribution in [0.5, 0.6) is 0 Å². The highest BCUT2D eigenvalue weighted by Gasteiger charge is 2.21. The number of rotatable bonds is 5. The smallest absolute Gasteiger partial charge is 0.150 e. The van der Waals surface area contributed by atoms with Gasteiger partial charge in [-0.25, -0.2) is 4.39 Å². The minimum atomic E-state index is -1.41. The van der Waals surface area contributed by atoms with Gasteiger partial charge in [0.1, 0.15) is 18.2 Å². The first-order valence-electron chi connectivity index (χ1n) is 4.81. The van der Waals surface area contributed by atoms with Crippen LogP contribution in [0.3, 0.4) is 0 Å². The SMILES string of the molecule is O=Cc1ccc(C(O)C(O)CCO)c(F)c1. The molecule has 0 heterocycles. The molecule has 0 saturated heterocycles. The summed E-state index contributed by atoms with van der Waals surface area (Å²) in [6.07, 6.45) is -2.20. The number of hydrogen-bond acceptors (Lipinski definition) is 4. The standard InChI is InChI=1S/C11H13FO4/c12-9-5-7(6-14)1-2-8(9)11(16)10(15)3-4-13/h1-2,5-6,10-11,13,15-16H,3-4H2. The second-order valence-corrected chi connectivity index (χ2v) is 3.42. The highest BCUT2D eigenvalue weighted by Crippen LogP contribution is 2.22. The Labute approximate surface area is 92.0 Å². The van der Waals surface area contributed by atoms with Crippen molar-refractivity contribution in [2.45, 2.75) is 18.6 Å². The highest BCUT2D eigenvalue weighted by atomic mass is 19.1. The van der Waals surface area contributed by atoms with Crippen LogP contribution in [-0.4, -0.2) is 34.3 Å². The predicted molar refractivity (Wildman–Crippen MR) is 54.5 cm³/mol. The first-order chi connectivity index (χ1) is 7.60. The molecule has 0 aliphatic rings. The van der Waals surface area contributed by atoms with Crippen molar-refractivity contribution in [1.82, 2.24) is 0 Å². The molecule has 0 aromatic heterocycles. The molecular weight excluding hydrogens is 215 g/mol. The molecule has 0 spiro atoms. The Morgan fingerprint density at radius 3 is 2.56 bits per heavy atom. The average molecular weight is 228 g/mol. The summed E-state index contributed by atoms with van der Waals surface area (Å²) in [7, 11) is 0. The van der Waals surface area contributed by atoms with Crippen LogP contribution in [0, 0.1) is 5.82 Å². The lowest BCUT2D eigenvalue weighted by molar-refractivity contribution is 0.00236. The van der Waals surface area contributed by atoms with Crippen LogP contribution in [0.25, 0.3) is 0 Å². The fraction of sp³-hybridized carbons (Fsp3) is 0.364. The van der Waals surface area contributed by atoms with Gasteiger partial charge >= 0.3 is 0 Å². The molecule has 2 unspecified atom stereocenters. The fourth-order valence-corrected chi connectivity index (χ4v) is 1.35. The number of aldehydes is 1. The zero-order valence-electron chi connectivity index (χ0n) is 8.51. The number of carbonyl (C=O) groups excluding carboxylic acids is 1. The Morgan fingerprint density at radius 2 is 2.06 bits per heavy atom. The van der Waals surface area contributed by atoms with Crippen LogP contribution in [0.2, 0.25) is 0 Å². The molecule has 1 aromatic rings. The van der Waals surface area contributed by atoms with E-state index in [2.05, 4.69) is 0 Å². The van der Waals surface area contributed by atoms with E-state index in [0.29, 0.717) is 6.29 Å². The monoisotopic (exact) mass is 228 g/mol. The van der Waals surface area contributed by atoms with Crippen molar-refractivity contribution in [2.75, 3.05) is 6.61 Å². The molecule has 0 radical (unpaired) electrons. The number of aliphatic hydroxyl groups is 3. The van der Waals surface area contributed by atoms with Gasteiger partial charge in [0.15, 0.2) is 0 Å². The van der Waals surface area contributed by atoms with E-state index in [1.54, 1.807) is 0 Å². The highest BCUT2D eigenvalue weighted by molar-refractivity contribution is 5.74. The van der Waals surface area contributed by atoms with Gasteiger partial charge in [0.05, 0.1) is 6.10 Å². The number of halogens is 1. The predicted octanol–water partition coefficient (Wildman–Crippen LogP) is 0.415. The topological polar surface area (TPSA) is 77.8 Å². The summed E-state index contributed by atoms with van der Waals surface area (Å²) in [5.41, 5.74) is 0.0663. The molecule has 3 N–H and O–H groups in total. The minimum absolute atomic E-state index is 0.0456. The molecule has 0 fully saturated rings. The summed E-state index contributed by atoms with van der Waals surface area (Å²) in [6.45, 7) is -0.299. The van der Waals surface area contributed by atoms with E-state index in [4.69, 9.17) is 5.11 Å². The van der Waals surface area contributed by atoms with Gasteiger partial charge in [0.25, 0.3) is 0 Å². The molecule has 16 heavy (non-hydrogen) atoms. The quantitative estimate of drug-likeness (QED) is 0.638. The van der Waals surface area contributed by atoms with Crippen molar-refractivity contribution in [3.63, 3.8) is 0 Å². The zero-order chi connectivity index (χ0) is 12.1. The van der Waals surface area contributed by atoms with Crippen molar-refractivity contribution in [1.29, 1.82) is 0 Å². The summed E-state index contributed by atoms with van der Waals surface area (Å²) in [5.74, 6) is -0.755. The van der Waals surface area contributed by atoms with Crippen LogP contribution in [-0.2, 0) is 0 Å². The van der Waals surface area contributed by atoms with E-state index in [-0.39, 0.29) is 24.2 Å². The van der Waals surface area contributed by atoms with E-state index < -0.39 is 18.0 Å². The van der Waals surface area contributed by atoms with Gasteiger partial charge in [-0.3, -0.25) is 4.79 Å². The molecule has 0 aliphatic heterocycles. The third kappa shape index (κ3) is 2.85. The molecule has 1 rings (SSSR count). The second-order valence-electron chi connectivity index (χ2n) is 3.42. The lowest BCUT2D eigenvalue weighted by Crippen LogP contribution is -2.20. The van der Waals surface area contributed by atoms with Crippen molar-refractivity contribution in [3.8, 4) is 0 Å². The Morgan fingerprint density at radius 1 is 1.38 bits per heavy atom. The van der Waals surface area contributed by atoms with Crippen LogP contribution in [0.1, 0.15) is 28.4 Å². The third-order valence-electron chi connectivity index (χ3n) is 2.27. The van der Waals surface area contributed by atoms with Gasteiger partial charge < -0.3 is 15.3 Å². The Kier molecular flexibility index (Phi) is 4.54. The van der Waals surface area contributed by atoms with Gasteiger partial charge in [-0.05, 0) is 12.5 Å². The van der Waals surface area contributed by atoms with Gasteiger partial charge in [0, 0.05) is 17.7 Å². The molecule has 5 heteroatoms. The summed E-state index contributed by atoms with van der Waals surface area (Å²) >= 11 is 0. The molecule has 1 aromatic carbocycles. The Bertz CT molecular complexity index is 367. The number of benzene rings is 1. The van der Waals surface area contributed by atoms with Crippen LogP contribution >= 0.6 is 0 Å². The van der Waals surface area contributed by atoms with E-state index in [9.17, 15) is 19.4 Å². The van der Waals surface area contributed by atoms with Gasteiger partial charge in [-0.15, -0.1) is 0 Å². The van der Waals surface area contributed by atoms with E-state index in [1.165, 1.54) is 12.1 Å². The lowest BCUT2D eigenvalue weighted by atomic mass is 10.0. The van der Waals surface area contributed by atoms with E-state index >= 15 is 0 Å². The maximum absolute atomic E-state index is 13.4. The average Bonchev–Trinajstić information content (AvgIpc) is 2.28. The van der Waals surface area contributed by atoms with Crippen LogP contribution in [0.4, 0.5) is 4.39 Å². The maximum Gasteiger partial charge on any atom is 0.150 e. The summed E-state index contributed by atoms with van der Waals surface area (Å²) < 4.78 is 13.4. The van der Waals surface area contributed by atoms with Crippen LogP contribution in [0.15, 0.2) is 18.2 Å². The van der Waals surface area contributed by atoms with Crippen molar-refractivity contribution < 1.29 is 24.5 Å². The normalized spacial score (nSPS) is 14.5. The Hall–Kier alpha value is -1.30. The molecular formula is C11H13FO4. The van der Waals surface area contributed by atoms with Gasteiger partial charge in [-0.2, -0.15) is 0 Å². The van der Waals surface area contributed by atoms with Crippen LogP contribution < -0.4 is 0 Å². The zero-order valence-corrected chi connectivity index (χ0v) is 8.51. The summed E-state index contributed by atoms with van der Waals surface area (Å²) in [6, 6.07) is 3.57. The Balaban J connectivity index is 2.91.